The fourth-order valence-corrected chi connectivity index (χ4v) is 1.91. The molecule has 0 aliphatic carbocycles. The highest BCUT2D eigenvalue weighted by Crippen LogP contribution is 2.37. The molecule has 17 heavy (non-hydrogen) atoms. The van der Waals surface area contributed by atoms with Gasteiger partial charge in [0.1, 0.15) is 0 Å². The first-order valence-electron chi connectivity index (χ1n) is 4.21. The van der Waals surface area contributed by atoms with Crippen LogP contribution in [0.2, 0.25) is 5.02 Å². The van der Waals surface area contributed by atoms with Gasteiger partial charge in [0.25, 0.3) is 5.91 Å². The maximum atomic E-state index is 10.9. The molecule has 0 atom stereocenters. The van der Waals surface area contributed by atoms with Crippen molar-refractivity contribution in [1.82, 2.24) is 5.43 Å². The van der Waals surface area contributed by atoms with Gasteiger partial charge in [-0.3, -0.25) is 20.3 Å². The minimum absolute atomic E-state index is 0.0806. The monoisotopic (exact) mass is 323 g/mol. The number of carbonyl (C=O) groups excluding carboxylic acids is 1. The summed E-state index contributed by atoms with van der Waals surface area (Å²) in [7, 11) is 0. The predicted octanol–water partition coefficient (Wildman–Crippen LogP) is 1.38. The van der Waals surface area contributed by atoms with E-state index in [1.807, 2.05) is 5.43 Å². The van der Waals surface area contributed by atoms with Crippen LogP contribution in [0.4, 0.5) is 5.69 Å². The molecular weight excluding hydrogens is 317 g/mol. The first-order valence-corrected chi connectivity index (χ1v) is 5.38. The fourth-order valence-electron chi connectivity index (χ4n) is 1.00. The van der Waals surface area contributed by atoms with Crippen LogP contribution in [-0.2, 0) is 4.79 Å². The van der Waals surface area contributed by atoms with Crippen molar-refractivity contribution >= 4 is 39.1 Å². The number of hydrazine groups is 1. The summed E-state index contributed by atoms with van der Waals surface area (Å²) in [4.78, 5) is 21.0. The van der Waals surface area contributed by atoms with Gasteiger partial charge in [-0.05, 0) is 22.0 Å². The Balaban J connectivity index is 3.04. The summed E-state index contributed by atoms with van der Waals surface area (Å²) >= 11 is 8.73. The number of ether oxygens (including phenoxy) is 1. The van der Waals surface area contributed by atoms with E-state index in [4.69, 9.17) is 22.2 Å². The zero-order valence-electron chi connectivity index (χ0n) is 8.28. The predicted molar refractivity (Wildman–Crippen MR) is 63.6 cm³/mol. The van der Waals surface area contributed by atoms with E-state index >= 15 is 0 Å². The molecule has 0 bridgehead atoms. The van der Waals surface area contributed by atoms with Gasteiger partial charge in [0.2, 0.25) is 5.75 Å². The lowest BCUT2D eigenvalue weighted by atomic mass is 10.3. The summed E-state index contributed by atoms with van der Waals surface area (Å²) in [5, 5.41) is 10.9. The Morgan fingerprint density at radius 2 is 2.29 bits per heavy atom. The number of hydrogen-bond acceptors (Lipinski definition) is 5. The van der Waals surface area contributed by atoms with Crippen molar-refractivity contribution < 1.29 is 14.5 Å². The van der Waals surface area contributed by atoms with Crippen LogP contribution in [0.3, 0.4) is 0 Å². The molecule has 7 nitrogen and oxygen atoms in total. The summed E-state index contributed by atoms with van der Waals surface area (Å²) in [5.74, 6) is 4.16. The van der Waals surface area contributed by atoms with Crippen LogP contribution in [0.1, 0.15) is 0 Å². The molecule has 1 rings (SSSR count). The second-order valence-electron chi connectivity index (χ2n) is 2.85. The highest BCUT2D eigenvalue weighted by atomic mass is 79.9. The summed E-state index contributed by atoms with van der Waals surface area (Å²) in [6, 6.07) is 2.55. The number of nitrogens with one attached hydrogen (secondary N) is 1. The van der Waals surface area contributed by atoms with E-state index in [0.29, 0.717) is 0 Å². The molecule has 92 valence electrons. The average Bonchev–Trinajstić information content (AvgIpc) is 2.26. The van der Waals surface area contributed by atoms with Gasteiger partial charge >= 0.3 is 5.69 Å². The Morgan fingerprint density at radius 1 is 1.65 bits per heavy atom. The zero-order chi connectivity index (χ0) is 13.0. The standard InChI is InChI=1S/C8H7BrClN3O4/c9-5-1-4(10)2-6(13(15)16)8(5)17-3-7(14)12-11/h1-2H,3,11H2,(H,12,14). The molecule has 0 radical (unpaired) electrons. The van der Waals surface area contributed by atoms with E-state index in [-0.39, 0.29) is 20.9 Å². The van der Waals surface area contributed by atoms with E-state index in [9.17, 15) is 14.9 Å². The number of nitrogens with zero attached hydrogens (tertiary/aromatic N) is 1. The minimum Gasteiger partial charge on any atom is -0.476 e. The molecular formula is C8H7BrClN3O4. The van der Waals surface area contributed by atoms with Crippen molar-refractivity contribution in [1.29, 1.82) is 0 Å². The lowest BCUT2D eigenvalue weighted by Crippen LogP contribution is -2.34. The zero-order valence-corrected chi connectivity index (χ0v) is 10.6. The number of carbonyl (C=O) groups is 1. The van der Waals surface area contributed by atoms with Gasteiger partial charge in [0.05, 0.1) is 9.40 Å². The highest BCUT2D eigenvalue weighted by Gasteiger charge is 2.20. The maximum absolute atomic E-state index is 10.9. The van der Waals surface area contributed by atoms with Crippen LogP contribution in [0.15, 0.2) is 16.6 Å². The Labute approximate surface area is 109 Å². The van der Waals surface area contributed by atoms with Gasteiger partial charge in [-0.25, -0.2) is 5.84 Å². The van der Waals surface area contributed by atoms with Crippen LogP contribution in [0.5, 0.6) is 5.75 Å². The van der Waals surface area contributed by atoms with Gasteiger partial charge < -0.3 is 4.74 Å². The van der Waals surface area contributed by atoms with Crippen LogP contribution >= 0.6 is 27.5 Å². The molecule has 9 heteroatoms. The number of halogens is 2. The van der Waals surface area contributed by atoms with Gasteiger partial charge in [-0.2, -0.15) is 0 Å². The van der Waals surface area contributed by atoms with E-state index in [0.717, 1.165) is 6.07 Å². The van der Waals surface area contributed by atoms with Crippen LogP contribution in [-0.4, -0.2) is 17.4 Å². The van der Waals surface area contributed by atoms with Crippen molar-refractivity contribution in [3.8, 4) is 5.75 Å². The molecule has 1 amide bonds. The first kappa shape index (κ1) is 13.7. The SMILES string of the molecule is NNC(=O)COc1c(Br)cc(Cl)cc1[N+](=O)[O-]. The van der Waals surface area contributed by atoms with Crippen molar-refractivity contribution in [2.24, 2.45) is 5.84 Å². The van der Waals surface area contributed by atoms with Gasteiger partial charge in [0, 0.05) is 11.1 Å². The lowest BCUT2D eigenvalue weighted by Gasteiger charge is -2.08. The number of benzene rings is 1. The molecule has 0 aliphatic heterocycles. The minimum atomic E-state index is -0.660. The number of nitro benzene ring substituents is 1. The van der Waals surface area contributed by atoms with Crippen LogP contribution < -0.4 is 16.0 Å². The third-order valence-corrected chi connectivity index (χ3v) is 2.50. The lowest BCUT2D eigenvalue weighted by molar-refractivity contribution is -0.385. The van der Waals surface area contributed by atoms with E-state index in [1.54, 1.807) is 0 Å². The Hall–Kier alpha value is -1.38. The molecule has 3 N–H and O–H groups in total. The van der Waals surface area contributed by atoms with Gasteiger partial charge in [-0.15, -0.1) is 0 Å². The van der Waals surface area contributed by atoms with E-state index < -0.39 is 17.4 Å². The summed E-state index contributed by atoms with van der Waals surface area (Å²) in [5.41, 5.74) is 1.50. The third-order valence-electron chi connectivity index (χ3n) is 1.69. The van der Waals surface area contributed by atoms with Gasteiger partial charge in [0.15, 0.2) is 6.61 Å². The average molecular weight is 325 g/mol. The molecule has 0 unspecified atom stereocenters. The molecule has 1 aromatic carbocycles. The first-order chi connectivity index (χ1) is 7.95. The number of hydrogen-bond donors (Lipinski definition) is 2. The van der Waals surface area contributed by atoms with Crippen molar-refractivity contribution in [2.75, 3.05) is 6.61 Å². The molecule has 0 aliphatic rings. The number of nitrogens with two attached hydrogens (primary N) is 1. The third kappa shape index (κ3) is 3.55. The van der Waals surface area contributed by atoms with Crippen molar-refractivity contribution in [3.05, 3.63) is 31.7 Å². The quantitative estimate of drug-likeness (QED) is 0.376. The summed E-state index contributed by atoms with van der Waals surface area (Å²) in [6.07, 6.45) is 0. The number of amides is 1. The smallest absolute Gasteiger partial charge is 0.313 e. The molecule has 0 aromatic heterocycles. The summed E-state index contributed by atoms with van der Waals surface area (Å²) in [6.45, 7) is -0.433. The van der Waals surface area contributed by atoms with E-state index in [2.05, 4.69) is 15.9 Å². The largest absolute Gasteiger partial charge is 0.476 e. The normalized spacial score (nSPS) is 9.82. The van der Waals surface area contributed by atoms with Crippen molar-refractivity contribution in [3.63, 3.8) is 0 Å². The van der Waals surface area contributed by atoms with E-state index in [1.165, 1.54) is 6.07 Å². The van der Waals surface area contributed by atoms with Crippen molar-refractivity contribution in [2.45, 2.75) is 0 Å². The maximum Gasteiger partial charge on any atom is 0.313 e. The molecule has 0 saturated heterocycles. The van der Waals surface area contributed by atoms with Crippen LogP contribution in [0.25, 0.3) is 0 Å². The second kappa shape index (κ2) is 5.80. The molecule has 0 fully saturated rings. The Morgan fingerprint density at radius 3 is 2.82 bits per heavy atom. The topological polar surface area (TPSA) is 107 Å². The fraction of sp³-hybridized carbons (Fsp3) is 0.125. The highest BCUT2D eigenvalue weighted by molar-refractivity contribution is 9.10. The Kier molecular flexibility index (Phi) is 4.67. The summed E-state index contributed by atoms with van der Waals surface area (Å²) < 4.78 is 5.28. The molecule has 0 spiro atoms. The van der Waals surface area contributed by atoms with Crippen LogP contribution in [0, 0.1) is 10.1 Å². The molecule has 0 heterocycles. The number of nitro groups is 1. The van der Waals surface area contributed by atoms with Gasteiger partial charge in [-0.1, -0.05) is 11.6 Å². The Bertz CT molecular complexity index is 468. The number of rotatable bonds is 4. The molecule has 1 aromatic rings. The second-order valence-corrected chi connectivity index (χ2v) is 4.14. The molecule has 0 saturated carbocycles.